The molecule has 0 spiro atoms. The Kier molecular flexibility index (Phi) is 5.13. The van der Waals surface area contributed by atoms with E-state index in [1.807, 2.05) is 19.2 Å². The molecule has 1 atom stereocenters. The van der Waals surface area contributed by atoms with E-state index in [-0.39, 0.29) is 11.9 Å². The number of rotatable bonds is 6. The second kappa shape index (κ2) is 6.85. The fourth-order valence-electron chi connectivity index (χ4n) is 1.56. The molecule has 2 heterocycles. The summed E-state index contributed by atoms with van der Waals surface area (Å²) in [5.74, 6) is 1.29. The number of carbonyl (C=O) groups excluding carboxylic acids is 1. The maximum absolute atomic E-state index is 11.9. The van der Waals surface area contributed by atoms with Crippen molar-refractivity contribution in [2.75, 3.05) is 5.75 Å². The first-order valence-electron chi connectivity index (χ1n) is 6.23. The van der Waals surface area contributed by atoms with Gasteiger partial charge in [-0.1, -0.05) is 23.8 Å². The molecule has 2 rings (SSSR count). The van der Waals surface area contributed by atoms with Crippen molar-refractivity contribution >= 4 is 29.0 Å². The lowest BCUT2D eigenvalue weighted by molar-refractivity contribution is -0.119. The Hall–Kier alpha value is -1.41. The molecular weight excluding hydrogens is 296 g/mol. The smallest absolute Gasteiger partial charge is 0.249 e. The number of aromatic nitrogens is 3. The Morgan fingerprint density at radius 3 is 2.85 bits per heavy atom. The van der Waals surface area contributed by atoms with E-state index in [1.165, 1.54) is 11.8 Å². The molecule has 0 saturated carbocycles. The summed E-state index contributed by atoms with van der Waals surface area (Å²) >= 11 is 2.98. The number of thioether (sulfide) groups is 1. The summed E-state index contributed by atoms with van der Waals surface area (Å²) in [5, 5.41) is 8.60. The number of nitrogens with zero attached hydrogens (tertiary/aromatic N) is 3. The van der Waals surface area contributed by atoms with E-state index in [9.17, 15) is 4.79 Å². The van der Waals surface area contributed by atoms with Crippen LogP contribution in [0.5, 0.6) is 0 Å². The standard InChI is InChI=1S/C12H16N4O2S2/c1-4-9(11-14-8(3)16-18-11)15-10(17)6-20-12-13-7(2)5-19-12/h5,9H,4,6H2,1-3H3,(H,15,17). The highest BCUT2D eigenvalue weighted by atomic mass is 32.2. The predicted molar refractivity (Wildman–Crippen MR) is 77.8 cm³/mol. The van der Waals surface area contributed by atoms with Crippen LogP contribution >= 0.6 is 23.1 Å². The highest BCUT2D eigenvalue weighted by Gasteiger charge is 2.18. The number of amides is 1. The molecule has 0 bridgehead atoms. The van der Waals surface area contributed by atoms with E-state index in [4.69, 9.17) is 4.52 Å². The topological polar surface area (TPSA) is 80.9 Å². The summed E-state index contributed by atoms with van der Waals surface area (Å²) < 4.78 is 5.99. The molecule has 0 fully saturated rings. The SMILES string of the molecule is CCC(NC(=O)CSc1nc(C)cs1)c1nc(C)no1. The van der Waals surface area contributed by atoms with Crippen molar-refractivity contribution in [1.82, 2.24) is 20.4 Å². The maximum Gasteiger partial charge on any atom is 0.249 e. The van der Waals surface area contributed by atoms with E-state index in [1.54, 1.807) is 18.3 Å². The van der Waals surface area contributed by atoms with E-state index >= 15 is 0 Å². The highest BCUT2D eigenvalue weighted by Crippen LogP contribution is 2.22. The quantitative estimate of drug-likeness (QED) is 0.825. The average molecular weight is 312 g/mol. The first-order valence-corrected chi connectivity index (χ1v) is 8.09. The molecule has 0 aliphatic carbocycles. The second-order valence-corrected chi connectivity index (χ2v) is 6.33. The summed E-state index contributed by atoms with van der Waals surface area (Å²) in [6.07, 6.45) is 0.703. The fraction of sp³-hybridized carbons (Fsp3) is 0.500. The van der Waals surface area contributed by atoms with Crippen LogP contribution in [0.15, 0.2) is 14.2 Å². The van der Waals surface area contributed by atoms with Crippen molar-refractivity contribution in [3.05, 3.63) is 22.8 Å². The Morgan fingerprint density at radius 2 is 2.30 bits per heavy atom. The molecule has 0 aromatic carbocycles. The minimum Gasteiger partial charge on any atom is -0.344 e. The molecule has 0 saturated heterocycles. The molecular formula is C12H16N4O2S2. The number of hydrogen-bond acceptors (Lipinski definition) is 7. The van der Waals surface area contributed by atoms with Gasteiger partial charge in [-0.2, -0.15) is 4.98 Å². The first kappa shape index (κ1) is 15.0. The molecule has 0 radical (unpaired) electrons. The van der Waals surface area contributed by atoms with Gasteiger partial charge in [-0.15, -0.1) is 11.3 Å². The second-order valence-electron chi connectivity index (χ2n) is 4.25. The Balaban J connectivity index is 1.86. The number of aryl methyl sites for hydroxylation is 2. The van der Waals surface area contributed by atoms with Gasteiger partial charge in [0.05, 0.1) is 5.75 Å². The Bertz CT molecular complexity index is 582. The van der Waals surface area contributed by atoms with Gasteiger partial charge in [0.15, 0.2) is 10.2 Å². The molecule has 1 amide bonds. The molecule has 2 aromatic rings. The summed E-state index contributed by atoms with van der Waals surface area (Å²) in [7, 11) is 0. The van der Waals surface area contributed by atoms with Crippen LogP contribution in [0.4, 0.5) is 0 Å². The highest BCUT2D eigenvalue weighted by molar-refractivity contribution is 8.01. The van der Waals surface area contributed by atoms with Crippen molar-refractivity contribution in [3.63, 3.8) is 0 Å². The van der Waals surface area contributed by atoms with Crippen LogP contribution in [0.1, 0.15) is 36.8 Å². The molecule has 2 aromatic heterocycles. The lowest BCUT2D eigenvalue weighted by Gasteiger charge is -2.12. The average Bonchev–Trinajstić information content (AvgIpc) is 3.02. The van der Waals surface area contributed by atoms with Crippen LogP contribution in [-0.4, -0.2) is 26.8 Å². The van der Waals surface area contributed by atoms with Crippen molar-refractivity contribution in [2.24, 2.45) is 0 Å². The van der Waals surface area contributed by atoms with Crippen molar-refractivity contribution in [3.8, 4) is 0 Å². The van der Waals surface area contributed by atoms with Crippen LogP contribution in [0, 0.1) is 13.8 Å². The van der Waals surface area contributed by atoms with Crippen LogP contribution in [0.25, 0.3) is 0 Å². The lowest BCUT2D eigenvalue weighted by Crippen LogP contribution is -2.29. The maximum atomic E-state index is 11.9. The summed E-state index contributed by atoms with van der Waals surface area (Å²) in [5.41, 5.74) is 0.977. The van der Waals surface area contributed by atoms with E-state index in [0.717, 1.165) is 10.0 Å². The minimum absolute atomic E-state index is 0.0643. The van der Waals surface area contributed by atoms with Gasteiger partial charge in [-0.3, -0.25) is 4.79 Å². The number of nitrogens with one attached hydrogen (secondary N) is 1. The largest absolute Gasteiger partial charge is 0.344 e. The fourth-order valence-corrected chi connectivity index (χ4v) is 3.22. The molecule has 0 aliphatic rings. The third-order valence-corrected chi connectivity index (χ3v) is 4.65. The van der Waals surface area contributed by atoms with E-state index < -0.39 is 0 Å². The van der Waals surface area contributed by atoms with Crippen molar-refractivity contribution < 1.29 is 9.32 Å². The first-order chi connectivity index (χ1) is 9.58. The van der Waals surface area contributed by atoms with Gasteiger partial charge < -0.3 is 9.84 Å². The number of thiazole rings is 1. The zero-order valence-electron chi connectivity index (χ0n) is 11.5. The van der Waals surface area contributed by atoms with Crippen molar-refractivity contribution in [1.29, 1.82) is 0 Å². The molecule has 6 nitrogen and oxygen atoms in total. The summed E-state index contributed by atoms with van der Waals surface area (Å²) in [6, 6.07) is -0.234. The van der Waals surface area contributed by atoms with Gasteiger partial charge >= 0.3 is 0 Å². The number of hydrogen-bond donors (Lipinski definition) is 1. The third kappa shape index (κ3) is 4.04. The van der Waals surface area contributed by atoms with Gasteiger partial charge in [-0.05, 0) is 20.3 Å². The Labute approximate surface area is 125 Å². The monoisotopic (exact) mass is 312 g/mol. The third-order valence-electron chi connectivity index (χ3n) is 2.51. The molecule has 1 N–H and O–H groups in total. The van der Waals surface area contributed by atoms with Gasteiger partial charge in [0.2, 0.25) is 11.8 Å². The zero-order chi connectivity index (χ0) is 14.5. The van der Waals surface area contributed by atoms with Crippen LogP contribution < -0.4 is 5.32 Å². The van der Waals surface area contributed by atoms with Gasteiger partial charge in [0, 0.05) is 11.1 Å². The minimum atomic E-state index is -0.234. The zero-order valence-corrected chi connectivity index (χ0v) is 13.2. The van der Waals surface area contributed by atoms with Crippen LogP contribution in [0.2, 0.25) is 0 Å². The van der Waals surface area contributed by atoms with E-state index in [0.29, 0.717) is 23.9 Å². The molecule has 1 unspecified atom stereocenters. The molecule has 108 valence electrons. The number of carbonyl (C=O) groups is 1. The van der Waals surface area contributed by atoms with Gasteiger partial charge in [0.1, 0.15) is 6.04 Å². The van der Waals surface area contributed by atoms with Gasteiger partial charge in [0.25, 0.3) is 0 Å². The molecule has 20 heavy (non-hydrogen) atoms. The van der Waals surface area contributed by atoms with Crippen LogP contribution in [-0.2, 0) is 4.79 Å². The predicted octanol–water partition coefficient (Wildman–Crippen LogP) is 2.50. The Morgan fingerprint density at radius 1 is 1.50 bits per heavy atom. The normalized spacial score (nSPS) is 12.3. The summed E-state index contributed by atoms with van der Waals surface area (Å²) in [4.78, 5) is 20.4. The van der Waals surface area contributed by atoms with Crippen LogP contribution in [0.3, 0.4) is 0 Å². The molecule has 8 heteroatoms. The lowest BCUT2D eigenvalue weighted by atomic mass is 10.2. The van der Waals surface area contributed by atoms with E-state index in [2.05, 4.69) is 20.4 Å². The van der Waals surface area contributed by atoms with Crippen molar-refractivity contribution in [2.45, 2.75) is 37.6 Å². The van der Waals surface area contributed by atoms with Gasteiger partial charge in [-0.25, -0.2) is 4.98 Å². The molecule has 0 aliphatic heterocycles. The summed E-state index contributed by atoms with van der Waals surface area (Å²) in [6.45, 7) is 5.65.